The van der Waals surface area contributed by atoms with E-state index in [0.29, 0.717) is 0 Å². The summed E-state index contributed by atoms with van der Waals surface area (Å²) in [5, 5.41) is 4.43. The zero-order valence-electron chi connectivity index (χ0n) is 10.1. The average molecular weight is 477 g/mol. The lowest BCUT2D eigenvalue weighted by Gasteiger charge is -2.06. The van der Waals surface area contributed by atoms with Crippen molar-refractivity contribution in [2.24, 2.45) is 0 Å². The van der Waals surface area contributed by atoms with E-state index in [2.05, 4.69) is 59.0 Å². The van der Waals surface area contributed by atoms with Crippen LogP contribution in [0.15, 0.2) is 56.4 Å². The van der Waals surface area contributed by atoms with Crippen LogP contribution in [0.2, 0.25) is 0 Å². The van der Waals surface area contributed by atoms with Crippen LogP contribution in [-0.4, -0.2) is 9.78 Å². The summed E-state index contributed by atoms with van der Waals surface area (Å²) in [6.07, 6.45) is 3.94. The average Bonchev–Trinajstić information content (AvgIpc) is 3.06. The second kappa shape index (κ2) is 6.13. The predicted molar refractivity (Wildman–Crippen MR) is 94.1 cm³/mol. The number of benzene rings is 1. The number of rotatable bonds is 3. The minimum Gasteiger partial charge on any atom is -0.241 e. The summed E-state index contributed by atoms with van der Waals surface area (Å²) >= 11 is 12.5. The molecule has 0 saturated carbocycles. The predicted octanol–water partition coefficient (Wildman–Crippen LogP) is 5.94. The number of aromatic nitrogens is 2. The smallest absolute Gasteiger partial charge is 0.0757 e. The molecule has 2 heterocycles. The van der Waals surface area contributed by atoms with Gasteiger partial charge in [0.1, 0.15) is 0 Å². The molecular weight excluding hydrogens is 468 g/mol. The Bertz CT molecular complexity index is 721. The van der Waals surface area contributed by atoms with Crippen LogP contribution in [0.3, 0.4) is 0 Å². The molecule has 1 aromatic carbocycles. The molecule has 0 aliphatic carbocycles. The third kappa shape index (κ3) is 2.93. The van der Waals surface area contributed by atoms with E-state index >= 15 is 0 Å². The summed E-state index contributed by atoms with van der Waals surface area (Å²) < 4.78 is 4.12. The number of hydrogen-bond acceptors (Lipinski definition) is 2. The van der Waals surface area contributed by atoms with Gasteiger partial charge in [-0.1, -0.05) is 34.1 Å². The zero-order valence-corrected chi connectivity index (χ0v) is 15.7. The van der Waals surface area contributed by atoms with Crippen molar-refractivity contribution in [3.8, 4) is 5.69 Å². The molecule has 2 nitrogen and oxygen atoms in total. The molecule has 1 unspecified atom stereocenters. The van der Waals surface area contributed by atoms with E-state index < -0.39 is 0 Å². The van der Waals surface area contributed by atoms with E-state index in [-0.39, 0.29) is 4.83 Å². The topological polar surface area (TPSA) is 17.8 Å². The number of para-hydroxylation sites is 1. The van der Waals surface area contributed by atoms with Gasteiger partial charge in [0.25, 0.3) is 0 Å². The lowest BCUT2D eigenvalue weighted by atomic mass is 10.1. The molecule has 0 aliphatic rings. The van der Waals surface area contributed by atoms with E-state index in [1.807, 2.05) is 47.4 Å². The number of hydrogen-bond donors (Lipinski definition) is 0. The molecule has 3 aromatic rings. The van der Waals surface area contributed by atoms with Gasteiger partial charge in [0.2, 0.25) is 0 Å². The highest BCUT2D eigenvalue weighted by Crippen LogP contribution is 2.41. The molecule has 0 saturated heterocycles. The third-order valence-electron chi connectivity index (χ3n) is 2.87. The van der Waals surface area contributed by atoms with Gasteiger partial charge in [-0.15, -0.1) is 11.3 Å². The van der Waals surface area contributed by atoms with E-state index in [4.69, 9.17) is 0 Å². The molecule has 1 atom stereocenters. The summed E-state index contributed by atoms with van der Waals surface area (Å²) in [5.74, 6) is 0. The minimum absolute atomic E-state index is 0.122. The van der Waals surface area contributed by atoms with Crippen LogP contribution >= 0.6 is 59.1 Å². The summed E-state index contributed by atoms with van der Waals surface area (Å²) in [4.78, 5) is 0.122. The van der Waals surface area contributed by atoms with Gasteiger partial charge in [0, 0.05) is 11.8 Å². The maximum absolute atomic E-state index is 4.43. The molecule has 0 fully saturated rings. The Labute approximate surface area is 146 Å². The molecule has 0 amide bonds. The van der Waals surface area contributed by atoms with E-state index in [9.17, 15) is 0 Å². The van der Waals surface area contributed by atoms with Crippen molar-refractivity contribution >= 4 is 59.1 Å². The van der Waals surface area contributed by atoms with Gasteiger partial charge in [0.15, 0.2) is 0 Å². The number of halogens is 3. The van der Waals surface area contributed by atoms with Gasteiger partial charge in [-0.25, -0.2) is 4.68 Å². The SMILES string of the molecule is Brc1cc(C(Br)c2cnn(-c3ccccc3)c2)c(Br)s1. The van der Waals surface area contributed by atoms with Crippen LogP contribution in [0.5, 0.6) is 0 Å². The van der Waals surface area contributed by atoms with Crippen molar-refractivity contribution in [1.82, 2.24) is 9.78 Å². The lowest BCUT2D eigenvalue weighted by molar-refractivity contribution is 0.880. The van der Waals surface area contributed by atoms with Gasteiger partial charge in [-0.05, 0) is 55.6 Å². The molecular formula is C14H9Br3N2S. The van der Waals surface area contributed by atoms with Gasteiger partial charge >= 0.3 is 0 Å². The lowest BCUT2D eigenvalue weighted by Crippen LogP contribution is -1.93. The largest absolute Gasteiger partial charge is 0.241 e. The van der Waals surface area contributed by atoms with Crippen LogP contribution in [0.4, 0.5) is 0 Å². The third-order valence-corrected chi connectivity index (χ3v) is 6.28. The Hall–Kier alpha value is -0.430. The number of alkyl halides is 1. The number of nitrogens with zero attached hydrogens (tertiary/aromatic N) is 2. The molecule has 0 radical (unpaired) electrons. The minimum atomic E-state index is 0.122. The first-order valence-electron chi connectivity index (χ1n) is 5.84. The normalized spacial score (nSPS) is 12.6. The van der Waals surface area contributed by atoms with Gasteiger partial charge in [-0.2, -0.15) is 5.10 Å². The second-order valence-electron chi connectivity index (χ2n) is 4.20. The number of thiophene rings is 1. The molecule has 2 aromatic heterocycles. The maximum atomic E-state index is 4.43. The van der Waals surface area contributed by atoms with Crippen LogP contribution < -0.4 is 0 Å². The highest BCUT2D eigenvalue weighted by molar-refractivity contribution is 9.12. The Morgan fingerprint density at radius 2 is 1.90 bits per heavy atom. The van der Waals surface area contributed by atoms with E-state index in [1.54, 1.807) is 11.3 Å². The molecule has 0 spiro atoms. The van der Waals surface area contributed by atoms with Crippen molar-refractivity contribution in [1.29, 1.82) is 0 Å². The molecule has 3 rings (SSSR count). The van der Waals surface area contributed by atoms with Crippen molar-refractivity contribution in [2.75, 3.05) is 0 Å². The van der Waals surface area contributed by atoms with Crippen molar-refractivity contribution in [3.63, 3.8) is 0 Å². The molecule has 0 aliphatic heterocycles. The summed E-state index contributed by atoms with van der Waals surface area (Å²) in [6.45, 7) is 0. The molecule has 20 heavy (non-hydrogen) atoms. The van der Waals surface area contributed by atoms with E-state index in [1.165, 1.54) is 5.56 Å². The second-order valence-corrected chi connectivity index (χ2v) is 8.86. The first-order valence-corrected chi connectivity index (χ1v) is 9.16. The molecule has 0 bridgehead atoms. The fourth-order valence-corrected chi connectivity index (χ4v) is 5.85. The van der Waals surface area contributed by atoms with Gasteiger partial charge in [0.05, 0.1) is 24.3 Å². The van der Waals surface area contributed by atoms with Gasteiger partial charge < -0.3 is 0 Å². The summed E-state index contributed by atoms with van der Waals surface area (Å²) in [7, 11) is 0. The Kier molecular flexibility index (Phi) is 4.45. The van der Waals surface area contributed by atoms with Crippen molar-refractivity contribution in [2.45, 2.75) is 4.83 Å². The fraction of sp³-hybridized carbons (Fsp3) is 0.0714. The Morgan fingerprint density at radius 3 is 2.55 bits per heavy atom. The first-order chi connectivity index (χ1) is 9.65. The Morgan fingerprint density at radius 1 is 1.15 bits per heavy atom. The van der Waals surface area contributed by atoms with Crippen molar-refractivity contribution in [3.05, 3.63) is 67.5 Å². The quantitative estimate of drug-likeness (QED) is 0.427. The molecule has 102 valence electrons. The zero-order chi connectivity index (χ0) is 14.1. The summed E-state index contributed by atoms with van der Waals surface area (Å²) in [6, 6.07) is 12.2. The monoisotopic (exact) mass is 474 g/mol. The Balaban J connectivity index is 1.92. The van der Waals surface area contributed by atoms with Crippen LogP contribution in [0, 0.1) is 0 Å². The van der Waals surface area contributed by atoms with Crippen LogP contribution in [0.1, 0.15) is 16.0 Å². The summed E-state index contributed by atoms with van der Waals surface area (Å²) in [5.41, 5.74) is 3.39. The van der Waals surface area contributed by atoms with Crippen LogP contribution in [0.25, 0.3) is 5.69 Å². The van der Waals surface area contributed by atoms with Crippen LogP contribution in [-0.2, 0) is 0 Å². The van der Waals surface area contributed by atoms with Gasteiger partial charge in [-0.3, -0.25) is 0 Å². The maximum Gasteiger partial charge on any atom is 0.0757 e. The standard InChI is InChI=1S/C14H9Br3N2S/c15-12-6-11(14(17)20-12)13(16)9-7-18-19(8-9)10-4-2-1-3-5-10/h1-8,13H. The fourth-order valence-electron chi connectivity index (χ4n) is 1.89. The highest BCUT2D eigenvalue weighted by Gasteiger charge is 2.18. The highest BCUT2D eigenvalue weighted by atomic mass is 79.9. The first kappa shape index (κ1) is 14.5. The van der Waals surface area contributed by atoms with Crippen molar-refractivity contribution < 1.29 is 0 Å². The molecule has 6 heteroatoms. The van der Waals surface area contributed by atoms with E-state index in [0.717, 1.165) is 18.8 Å². The molecule has 0 N–H and O–H groups in total.